The van der Waals surface area contributed by atoms with E-state index < -0.39 is 0 Å². The van der Waals surface area contributed by atoms with Crippen molar-refractivity contribution in [1.82, 2.24) is 5.32 Å². The van der Waals surface area contributed by atoms with Gasteiger partial charge >= 0.3 is 0 Å². The van der Waals surface area contributed by atoms with Crippen LogP contribution in [0.5, 0.6) is 0 Å². The van der Waals surface area contributed by atoms with Gasteiger partial charge in [0.05, 0.1) is 18.6 Å². The fourth-order valence-electron chi connectivity index (χ4n) is 1.66. The van der Waals surface area contributed by atoms with Gasteiger partial charge in [-0.05, 0) is 11.4 Å². The molecule has 1 N–H and O–H groups in total. The molecule has 1 aromatic heterocycles. The van der Waals surface area contributed by atoms with Gasteiger partial charge in [0.15, 0.2) is 0 Å². The number of ether oxygens (including phenoxy) is 1. The molecular weight excluding hydrogens is 194 g/mol. The second kappa shape index (κ2) is 4.01. The quantitative estimate of drug-likeness (QED) is 0.822. The van der Waals surface area contributed by atoms with Crippen LogP contribution in [-0.2, 0) is 10.2 Å². The van der Waals surface area contributed by atoms with Crippen LogP contribution in [0.3, 0.4) is 0 Å². The van der Waals surface area contributed by atoms with E-state index in [1.807, 2.05) is 11.3 Å². The molecule has 2 rings (SSSR count). The summed E-state index contributed by atoms with van der Waals surface area (Å²) >= 11 is 1.84. The third kappa shape index (κ3) is 1.85. The monoisotopic (exact) mass is 211 g/mol. The number of thiophene rings is 1. The first-order valence-electron chi connectivity index (χ1n) is 5.08. The van der Waals surface area contributed by atoms with E-state index in [1.165, 1.54) is 4.88 Å². The molecule has 78 valence electrons. The summed E-state index contributed by atoms with van der Waals surface area (Å²) in [5.41, 5.74) is 0.262. The van der Waals surface area contributed by atoms with E-state index in [0.717, 1.165) is 19.8 Å². The largest absolute Gasteiger partial charge is 0.379 e. The van der Waals surface area contributed by atoms with E-state index in [1.54, 1.807) is 0 Å². The van der Waals surface area contributed by atoms with E-state index in [-0.39, 0.29) is 5.41 Å². The summed E-state index contributed by atoms with van der Waals surface area (Å²) in [6, 6.07) is 4.89. The van der Waals surface area contributed by atoms with Gasteiger partial charge in [0, 0.05) is 17.5 Å². The van der Waals surface area contributed by atoms with E-state index >= 15 is 0 Å². The van der Waals surface area contributed by atoms with Crippen LogP contribution >= 0.6 is 11.3 Å². The summed E-state index contributed by atoms with van der Waals surface area (Å²) in [5.74, 6) is 0. The van der Waals surface area contributed by atoms with Crippen LogP contribution in [-0.4, -0.2) is 25.8 Å². The number of nitrogens with one attached hydrogen (secondary N) is 1. The zero-order chi connectivity index (χ0) is 10.0. The molecule has 0 spiro atoms. The molecule has 1 aromatic rings. The summed E-state index contributed by atoms with van der Waals surface area (Å²) in [5, 5.41) is 5.65. The Morgan fingerprint density at radius 2 is 2.36 bits per heavy atom. The Kier molecular flexibility index (Phi) is 2.91. The van der Waals surface area contributed by atoms with Crippen LogP contribution in [0.25, 0.3) is 0 Å². The van der Waals surface area contributed by atoms with Crippen LogP contribution in [0.15, 0.2) is 17.5 Å². The topological polar surface area (TPSA) is 21.3 Å². The summed E-state index contributed by atoms with van der Waals surface area (Å²) in [6.45, 7) is 7.13. The van der Waals surface area contributed by atoms with Gasteiger partial charge in [-0.25, -0.2) is 0 Å². The molecule has 1 aliphatic rings. The van der Waals surface area contributed by atoms with Gasteiger partial charge in [0.1, 0.15) is 0 Å². The summed E-state index contributed by atoms with van der Waals surface area (Å²) < 4.78 is 5.36. The molecule has 0 saturated carbocycles. The van der Waals surface area contributed by atoms with Crippen molar-refractivity contribution in [3.8, 4) is 0 Å². The molecule has 2 heterocycles. The molecule has 1 aliphatic heterocycles. The molecule has 0 unspecified atom stereocenters. The van der Waals surface area contributed by atoms with Gasteiger partial charge in [-0.15, -0.1) is 11.3 Å². The van der Waals surface area contributed by atoms with E-state index in [9.17, 15) is 0 Å². The highest BCUT2D eigenvalue weighted by atomic mass is 32.1. The molecule has 0 atom stereocenters. The lowest BCUT2D eigenvalue weighted by molar-refractivity contribution is -0.0578. The van der Waals surface area contributed by atoms with Crippen molar-refractivity contribution in [2.24, 2.45) is 0 Å². The highest BCUT2D eigenvalue weighted by Crippen LogP contribution is 2.34. The maximum atomic E-state index is 5.36. The van der Waals surface area contributed by atoms with Crippen LogP contribution < -0.4 is 5.32 Å². The summed E-state index contributed by atoms with van der Waals surface area (Å²) in [7, 11) is 0. The Morgan fingerprint density at radius 3 is 2.79 bits per heavy atom. The van der Waals surface area contributed by atoms with Crippen molar-refractivity contribution in [2.45, 2.75) is 25.3 Å². The highest BCUT2D eigenvalue weighted by molar-refractivity contribution is 7.10. The molecule has 14 heavy (non-hydrogen) atoms. The first kappa shape index (κ1) is 10.1. The maximum Gasteiger partial charge on any atom is 0.0638 e. The minimum atomic E-state index is 0.262. The van der Waals surface area contributed by atoms with Gasteiger partial charge < -0.3 is 10.1 Å². The fraction of sp³-hybridized carbons (Fsp3) is 0.636. The fourth-order valence-corrected chi connectivity index (χ4v) is 2.56. The third-order valence-electron chi connectivity index (χ3n) is 2.65. The second-order valence-corrected chi connectivity index (χ2v) is 5.23. The third-order valence-corrected chi connectivity index (χ3v) is 3.77. The lowest BCUT2D eigenvalue weighted by atomic mass is 9.84. The Morgan fingerprint density at radius 1 is 1.57 bits per heavy atom. The Balaban J connectivity index is 2.03. The normalized spacial score (nSPS) is 19.6. The van der Waals surface area contributed by atoms with Gasteiger partial charge in [0.2, 0.25) is 0 Å². The molecular formula is C11H17NOS. The van der Waals surface area contributed by atoms with Gasteiger partial charge in [0.25, 0.3) is 0 Å². The van der Waals surface area contributed by atoms with Crippen molar-refractivity contribution >= 4 is 11.3 Å². The molecule has 0 amide bonds. The van der Waals surface area contributed by atoms with E-state index in [0.29, 0.717) is 6.04 Å². The average molecular weight is 211 g/mol. The zero-order valence-electron chi connectivity index (χ0n) is 8.75. The van der Waals surface area contributed by atoms with Crippen molar-refractivity contribution in [2.75, 3.05) is 19.8 Å². The van der Waals surface area contributed by atoms with Crippen molar-refractivity contribution in [3.63, 3.8) is 0 Å². The first-order valence-corrected chi connectivity index (χ1v) is 5.96. The predicted octanol–water partition coefficient (Wildman–Crippen LogP) is 2.01. The predicted molar refractivity (Wildman–Crippen MR) is 60.0 cm³/mol. The van der Waals surface area contributed by atoms with Gasteiger partial charge in [-0.2, -0.15) is 0 Å². The van der Waals surface area contributed by atoms with Crippen LogP contribution in [0.2, 0.25) is 0 Å². The van der Waals surface area contributed by atoms with Gasteiger partial charge in [-0.3, -0.25) is 0 Å². The van der Waals surface area contributed by atoms with Crippen molar-refractivity contribution in [1.29, 1.82) is 0 Å². The SMILES string of the molecule is CC(C)NCC1(c2cccs2)COC1. The first-order chi connectivity index (χ1) is 6.73. The number of rotatable bonds is 4. The molecule has 1 fully saturated rings. The minimum Gasteiger partial charge on any atom is -0.379 e. The molecule has 0 aromatic carbocycles. The van der Waals surface area contributed by atoms with E-state index in [4.69, 9.17) is 4.74 Å². The minimum absolute atomic E-state index is 0.262. The van der Waals surface area contributed by atoms with Gasteiger partial charge in [-0.1, -0.05) is 19.9 Å². The molecule has 0 bridgehead atoms. The lowest BCUT2D eigenvalue weighted by Gasteiger charge is -2.41. The average Bonchev–Trinajstić information content (AvgIpc) is 2.55. The smallest absolute Gasteiger partial charge is 0.0638 e. The van der Waals surface area contributed by atoms with E-state index in [2.05, 4.69) is 36.7 Å². The molecule has 2 nitrogen and oxygen atoms in total. The maximum absolute atomic E-state index is 5.36. The molecule has 3 heteroatoms. The Labute approximate surface area is 89.3 Å². The van der Waals surface area contributed by atoms with Crippen molar-refractivity contribution < 1.29 is 4.74 Å². The molecule has 0 radical (unpaired) electrons. The molecule has 0 aliphatic carbocycles. The summed E-state index contributed by atoms with van der Waals surface area (Å²) in [6.07, 6.45) is 0. The Bertz CT molecular complexity index is 277. The standard InChI is InChI=1S/C11H17NOS/c1-9(2)12-6-11(7-13-8-11)10-4-3-5-14-10/h3-5,9,12H,6-8H2,1-2H3. The van der Waals surface area contributed by atoms with Crippen molar-refractivity contribution in [3.05, 3.63) is 22.4 Å². The van der Waals surface area contributed by atoms with Crippen LogP contribution in [0, 0.1) is 0 Å². The second-order valence-electron chi connectivity index (χ2n) is 4.29. The summed E-state index contributed by atoms with van der Waals surface area (Å²) in [4.78, 5) is 1.46. The lowest BCUT2D eigenvalue weighted by Crippen LogP contribution is -2.54. The number of hydrogen-bond acceptors (Lipinski definition) is 3. The molecule has 1 saturated heterocycles. The van der Waals surface area contributed by atoms with Crippen LogP contribution in [0.4, 0.5) is 0 Å². The van der Waals surface area contributed by atoms with Crippen LogP contribution in [0.1, 0.15) is 18.7 Å². The highest BCUT2D eigenvalue weighted by Gasteiger charge is 2.40. The number of hydrogen-bond donors (Lipinski definition) is 1. The zero-order valence-corrected chi connectivity index (χ0v) is 9.56. The Hall–Kier alpha value is -0.380.